The lowest BCUT2D eigenvalue weighted by Crippen LogP contribution is -2.34. The Hall–Kier alpha value is -1.48. The topological polar surface area (TPSA) is 42.2 Å². The molecule has 0 saturated heterocycles. The summed E-state index contributed by atoms with van der Waals surface area (Å²) in [6.07, 6.45) is 3.63. The van der Waals surface area contributed by atoms with Gasteiger partial charge in [0.1, 0.15) is 0 Å². The molecule has 1 aromatic heterocycles. The number of fused-ring (bicyclic) bond motifs is 1. The molecular weight excluding hydrogens is 238 g/mol. The second-order valence-electron chi connectivity index (χ2n) is 4.49. The summed E-state index contributed by atoms with van der Waals surface area (Å²) < 4.78 is 2.05. The van der Waals surface area contributed by atoms with Crippen molar-refractivity contribution in [1.29, 1.82) is 0 Å². The lowest BCUT2D eigenvalue weighted by atomic mass is 9.79. The fourth-order valence-electron chi connectivity index (χ4n) is 2.54. The SMILES string of the molecule is O=C(O)C1CCC1n1ccc2c(Cl)cccc21. The van der Waals surface area contributed by atoms with Gasteiger partial charge in [0.25, 0.3) is 0 Å². The van der Waals surface area contributed by atoms with Gasteiger partial charge in [0.15, 0.2) is 0 Å². The van der Waals surface area contributed by atoms with Crippen LogP contribution in [0.5, 0.6) is 0 Å². The Labute approximate surface area is 104 Å². The van der Waals surface area contributed by atoms with Gasteiger partial charge in [-0.2, -0.15) is 0 Å². The van der Waals surface area contributed by atoms with Gasteiger partial charge in [-0.15, -0.1) is 0 Å². The number of carboxylic acid groups (broad SMARTS) is 1. The number of hydrogen-bond acceptors (Lipinski definition) is 1. The summed E-state index contributed by atoms with van der Waals surface area (Å²) in [7, 11) is 0. The van der Waals surface area contributed by atoms with Crippen molar-refractivity contribution in [1.82, 2.24) is 4.57 Å². The van der Waals surface area contributed by atoms with Crippen LogP contribution in [0.3, 0.4) is 0 Å². The van der Waals surface area contributed by atoms with Crippen LogP contribution in [-0.2, 0) is 4.79 Å². The summed E-state index contributed by atoms with van der Waals surface area (Å²) in [4.78, 5) is 11.1. The van der Waals surface area contributed by atoms with E-state index in [1.807, 2.05) is 35.0 Å². The molecule has 0 bridgehead atoms. The number of aromatic nitrogens is 1. The largest absolute Gasteiger partial charge is 0.481 e. The summed E-state index contributed by atoms with van der Waals surface area (Å²) in [6, 6.07) is 7.76. The Kier molecular flexibility index (Phi) is 2.37. The molecule has 2 atom stereocenters. The molecule has 1 saturated carbocycles. The number of carboxylic acids is 1. The highest BCUT2D eigenvalue weighted by atomic mass is 35.5. The molecule has 1 heterocycles. The van der Waals surface area contributed by atoms with E-state index in [0.717, 1.165) is 23.7 Å². The molecule has 88 valence electrons. The van der Waals surface area contributed by atoms with E-state index in [1.165, 1.54) is 0 Å². The van der Waals surface area contributed by atoms with E-state index in [9.17, 15) is 4.79 Å². The van der Waals surface area contributed by atoms with Crippen molar-refractivity contribution < 1.29 is 9.90 Å². The molecule has 1 fully saturated rings. The molecule has 0 radical (unpaired) electrons. The van der Waals surface area contributed by atoms with Crippen LogP contribution in [0.4, 0.5) is 0 Å². The molecule has 1 aromatic carbocycles. The van der Waals surface area contributed by atoms with E-state index >= 15 is 0 Å². The number of rotatable bonds is 2. The zero-order valence-electron chi connectivity index (χ0n) is 9.14. The monoisotopic (exact) mass is 249 g/mol. The summed E-state index contributed by atoms with van der Waals surface area (Å²) in [5.74, 6) is -0.963. The van der Waals surface area contributed by atoms with Crippen LogP contribution in [0, 0.1) is 5.92 Å². The molecule has 0 aliphatic heterocycles. The van der Waals surface area contributed by atoms with Crippen LogP contribution < -0.4 is 0 Å². The van der Waals surface area contributed by atoms with Crippen molar-refractivity contribution in [2.24, 2.45) is 5.92 Å². The number of carbonyl (C=O) groups is 1. The molecule has 2 aromatic rings. The maximum atomic E-state index is 11.1. The molecule has 3 nitrogen and oxygen atoms in total. The van der Waals surface area contributed by atoms with E-state index in [-0.39, 0.29) is 12.0 Å². The first-order valence-corrected chi connectivity index (χ1v) is 6.04. The quantitative estimate of drug-likeness (QED) is 0.887. The average molecular weight is 250 g/mol. The molecule has 1 aliphatic rings. The second-order valence-corrected chi connectivity index (χ2v) is 4.89. The Morgan fingerprint density at radius 2 is 2.18 bits per heavy atom. The van der Waals surface area contributed by atoms with Crippen LogP contribution in [0.25, 0.3) is 10.9 Å². The first kappa shape index (κ1) is 10.7. The zero-order valence-corrected chi connectivity index (χ0v) is 9.89. The highest BCUT2D eigenvalue weighted by Gasteiger charge is 2.38. The van der Waals surface area contributed by atoms with Gasteiger partial charge in [0.05, 0.1) is 5.92 Å². The number of hydrogen-bond donors (Lipinski definition) is 1. The fraction of sp³-hybridized carbons (Fsp3) is 0.308. The Bertz CT molecular complexity index is 590. The third-order valence-electron chi connectivity index (χ3n) is 3.62. The van der Waals surface area contributed by atoms with Crippen LogP contribution in [0.1, 0.15) is 18.9 Å². The van der Waals surface area contributed by atoms with Crippen molar-refractivity contribution in [2.75, 3.05) is 0 Å². The Morgan fingerprint density at radius 1 is 1.35 bits per heavy atom. The average Bonchev–Trinajstić information content (AvgIpc) is 2.61. The molecule has 4 heteroatoms. The highest BCUT2D eigenvalue weighted by molar-refractivity contribution is 6.35. The first-order valence-electron chi connectivity index (χ1n) is 5.66. The van der Waals surface area contributed by atoms with Crippen molar-refractivity contribution in [2.45, 2.75) is 18.9 Å². The standard InChI is InChI=1S/C13H12ClNO2/c14-10-2-1-3-11-8(10)6-7-15(11)12-5-4-9(12)13(16)17/h1-3,6-7,9,12H,4-5H2,(H,16,17). The highest BCUT2D eigenvalue weighted by Crippen LogP contribution is 2.41. The molecule has 17 heavy (non-hydrogen) atoms. The number of aliphatic carboxylic acids is 1. The number of nitrogens with zero attached hydrogens (tertiary/aromatic N) is 1. The maximum absolute atomic E-state index is 11.1. The molecule has 3 rings (SSSR count). The van der Waals surface area contributed by atoms with Crippen LogP contribution >= 0.6 is 11.6 Å². The van der Waals surface area contributed by atoms with E-state index in [2.05, 4.69) is 0 Å². The molecular formula is C13H12ClNO2. The minimum Gasteiger partial charge on any atom is -0.481 e. The van der Waals surface area contributed by atoms with Crippen molar-refractivity contribution in [3.63, 3.8) is 0 Å². The molecule has 1 N–H and O–H groups in total. The van der Waals surface area contributed by atoms with Gasteiger partial charge in [-0.25, -0.2) is 0 Å². The molecule has 2 unspecified atom stereocenters. The maximum Gasteiger partial charge on any atom is 0.308 e. The van der Waals surface area contributed by atoms with Gasteiger partial charge in [-0.3, -0.25) is 4.79 Å². The van der Waals surface area contributed by atoms with Gasteiger partial charge in [0, 0.05) is 28.2 Å². The number of benzene rings is 1. The van der Waals surface area contributed by atoms with Gasteiger partial charge in [-0.1, -0.05) is 17.7 Å². The van der Waals surface area contributed by atoms with E-state index in [0.29, 0.717) is 5.02 Å². The zero-order chi connectivity index (χ0) is 12.0. The normalized spacial score (nSPS) is 23.6. The molecule has 0 amide bonds. The fourth-order valence-corrected chi connectivity index (χ4v) is 2.78. The Balaban J connectivity index is 2.07. The summed E-state index contributed by atoms with van der Waals surface area (Å²) in [5, 5.41) is 10.8. The lowest BCUT2D eigenvalue weighted by molar-refractivity contribution is -0.147. The minimum atomic E-state index is -0.704. The summed E-state index contributed by atoms with van der Waals surface area (Å²) in [6.45, 7) is 0. The van der Waals surface area contributed by atoms with Crippen LogP contribution in [0.15, 0.2) is 30.5 Å². The minimum absolute atomic E-state index is 0.0727. The third-order valence-corrected chi connectivity index (χ3v) is 3.95. The predicted octanol–water partition coefficient (Wildman–Crippen LogP) is 3.33. The van der Waals surface area contributed by atoms with Gasteiger partial charge in [0.2, 0.25) is 0 Å². The van der Waals surface area contributed by atoms with Crippen molar-refractivity contribution >= 4 is 28.5 Å². The molecule has 1 aliphatic carbocycles. The summed E-state index contributed by atoms with van der Waals surface area (Å²) in [5.41, 5.74) is 1.02. The van der Waals surface area contributed by atoms with E-state index in [1.54, 1.807) is 0 Å². The lowest BCUT2D eigenvalue weighted by Gasteiger charge is -2.35. The van der Waals surface area contributed by atoms with Crippen molar-refractivity contribution in [3.8, 4) is 0 Å². The second kappa shape index (κ2) is 3.77. The smallest absolute Gasteiger partial charge is 0.308 e. The first-order chi connectivity index (χ1) is 8.18. The van der Waals surface area contributed by atoms with Crippen LogP contribution in [0.2, 0.25) is 5.02 Å². The summed E-state index contributed by atoms with van der Waals surface area (Å²) >= 11 is 6.11. The van der Waals surface area contributed by atoms with Crippen molar-refractivity contribution in [3.05, 3.63) is 35.5 Å². The van der Waals surface area contributed by atoms with E-state index in [4.69, 9.17) is 16.7 Å². The van der Waals surface area contributed by atoms with Crippen LogP contribution in [-0.4, -0.2) is 15.6 Å². The van der Waals surface area contributed by atoms with E-state index < -0.39 is 5.97 Å². The molecule has 0 spiro atoms. The predicted molar refractivity (Wildman–Crippen MR) is 66.3 cm³/mol. The van der Waals surface area contributed by atoms with Gasteiger partial charge in [-0.05, 0) is 31.0 Å². The number of halogens is 1. The Morgan fingerprint density at radius 3 is 2.82 bits per heavy atom. The third kappa shape index (κ3) is 1.53. The van der Waals surface area contributed by atoms with Gasteiger partial charge >= 0.3 is 5.97 Å². The van der Waals surface area contributed by atoms with Gasteiger partial charge < -0.3 is 9.67 Å².